The van der Waals surface area contributed by atoms with Crippen molar-refractivity contribution in [1.29, 1.82) is 0 Å². The van der Waals surface area contributed by atoms with Crippen LogP contribution in [0.4, 0.5) is 5.82 Å². The van der Waals surface area contributed by atoms with Crippen LogP contribution in [0.1, 0.15) is 49.4 Å². The Balaban J connectivity index is 1.44. The van der Waals surface area contributed by atoms with Gasteiger partial charge in [-0.3, -0.25) is 4.90 Å². The van der Waals surface area contributed by atoms with E-state index in [9.17, 15) is 0 Å². The van der Waals surface area contributed by atoms with Gasteiger partial charge in [0.05, 0.1) is 18.0 Å². The third kappa shape index (κ3) is 4.99. The largest absolute Gasteiger partial charge is 0.448 e. The minimum absolute atomic E-state index is 0.318. The molecule has 1 saturated heterocycles. The third-order valence-electron chi connectivity index (χ3n) is 4.33. The number of likely N-dealkylation sites (N-methyl/N-ethyl adjacent to an activating group) is 1. The van der Waals surface area contributed by atoms with Gasteiger partial charge in [-0.15, -0.1) is 0 Å². The molecule has 0 aromatic carbocycles. The average Bonchev–Trinajstić information content (AvgIpc) is 3.27. The summed E-state index contributed by atoms with van der Waals surface area (Å²) < 4.78 is 10.9. The Labute approximate surface area is 148 Å². The van der Waals surface area contributed by atoms with Crippen molar-refractivity contribution in [3.63, 3.8) is 0 Å². The number of hydrogen-bond acceptors (Lipinski definition) is 7. The van der Waals surface area contributed by atoms with Crippen molar-refractivity contribution < 1.29 is 9.15 Å². The van der Waals surface area contributed by atoms with Crippen molar-refractivity contribution in [2.24, 2.45) is 0 Å². The Bertz CT molecular complexity index is 667. The Hall–Kier alpha value is -1.99. The summed E-state index contributed by atoms with van der Waals surface area (Å²) in [5.74, 6) is 2.38. The molecule has 0 saturated carbocycles. The summed E-state index contributed by atoms with van der Waals surface area (Å²) in [6.07, 6.45) is 4.41. The zero-order valence-electron chi connectivity index (χ0n) is 15.2. The molecule has 0 aliphatic carbocycles. The van der Waals surface area contributed by atoms with E-state index in [0.29, 0.717) is 11.8 Å². The smallest absolute Gasteiger partial charge is 0.196 e. The zero-order valence-corrected chi connectivity index (χ0v) is 15.2. The van der Waals surface area contributed by atoms with Gasteiger partial charge in [0.1, 0.15) is 18.4 Å². The summed E-state index contributed by atoms with van der Waals surface area (Å²) in [5, 5.41) is 3.37. The quantitative estimate of drug-likeness (QED) is 0.788. The van der Waals surface area contributed by atoms with Crippen LogP contribution in [0.25, 0.3) is 0 Å². The lowest BCUT2D eigenvalue weighted by Gasteiger charge is -2.16. The van der Waals surface area contributed by atoms with Gasteiger partial charge in [0.25, 0.3) is 0 Å². The van der Waals surface area contributed by atoms with E-state index in [1.165, 1.54) is 0 Å². The van der Waals surface area contributed by atoms with Crippen LogP contribution in [-0.2, 0) is 11.3 Å². The molecule has 0 bridgehead atoms. The van der Waals surface area contributed by atoms with E-state index in [1.807, 2.05) is 6.07 Å². The highest BCUT2D eigenvalue weighted by Crippen LogP contribution is 2.24. The fraction of sp³-hybridized carbons (Fsp3) is 0.611. The first-order chi connectivity index (χ1) is 12.1. The fourth-order valence-corrected chi connectivity index (χ4v) is 2.85. The highest BCUT2D eigenvalue weighted by Gasteiger charge is 2.19. The molecule has 7 nitrogen and oxygen atoms in total. The molecule has 3 heterocycles. The summed E-state index contributed by atoms with van der Waals surface area (Å²) in [4.78, 5) is 15.4. The molecular formula is C18H27N5O2. The molecule has 1 aliphatic heterocycles. The SMILES string of the molecule is CC(C)c1nc(CN(C)CCNc2cc(C3CCOC3)ncn2)co1. The average molecular weight is 345 g/mol. The summed E-state index contributed by atoms with van der Waals surface area (Å²) >= 11 is 0. The number of oxazole rings is 1. The van der Waals surface area contributed by atoms with Gasteiger partial charge >= 0.3 is 0 Å². The van der Waals surface area contributed by atoms with Crippen LogP contribution in [0.3, 0.4) is 0 Å². The molecule has 1 N–H and O–H groups in total. The molecule has 2 aromatic rings. The topological polar surface area (TPSA) is 76.3 Å². The highest BCUT2D eigenvalue weighted by molar-refractivity contribution is 5.36. The summed E-state index contributed by atoms with van der Waals surface area (Å²) in [6.45, 7) is 8.21. The van der Waals surface area contributed by atoms with E-state index in [2.05, 4.69) is 46.1 Å². The van der Waals surface area contributed by atoms with Crippen molar-refractivity contribution >= 4 is 5.82 Å². The lowest BCUT2D eigenvalue weighted by Crippen LogP contribution is -2.25. The number of aromatic nitrogens is 3. The van der Waals surface area contributed by atoms with E-state index >= 15 is 0 Å². The standard InChI is InChI=1S/C18H27N5O2/c1-13(2)18-22-15(11-25-18)9-23(3)6-5-19-17-8-16(20-12-21-17)14-4-7-24-10-14/h8,11-14H,4-7,9-10H2,1-3H3,(H,19,20,21). The van der Waals surface area contributed by atoms with E-state index in [-0.39, 0.29) is 0 Å². The Morgan fingerprint density at radius 1 is 1.36 bits per heavy atom. The molecule has 7 heteroatoms. The molecule has 0 spiro atoms. The number of nitrogens with zero attached hydrogens (tertiary/aromatic N) is 4. The molecular weight excluding hydrogens is 318 g/mol. The molecule has 0 radical (unpaired) electrons. The van der Waals surface area contributed by atoms with Gasteiger partial charge in [0, 0.05) is 44.1 Å². The summed E-state index contributed by atoms with van der Waals surface area (Å²) in [6, 6.07) is 2.03. The van der Waals surface area contributed by atoms with Gasteiger partial charge in [-0.05, 0) is 13.5 Å². The van der Waals surface area contributed by atoms with E-state index in [4.69, 9.17) is 9.15 Å². The summed E-state index contributed by atoms with van der Waals surface area (Å²) in [7, 11) is 2.08. The molecule has 1 fully saturated rings. The zero-order chi connectivity index (χ0) is 17.6. The normalized spacial score (nSPS) is 17.6. The molecule has 0 amide bonds. The maximum absolute atomic E-state index is 5.48. The molecule has 1 aliphatic rings. The molecule has 136 valence electrons. The van der Waals surface area contributed by atoms with Crippen LogP contribution in [0, 0.1) is 0 Å². The molecule has 3 rings (SSSR count). The number of nitrogens with one attached hydrogen (secondary N) is 1. The van der Waals surface area contributed by atoms with Gasteiger partial charge in [-0.2, -0.15) is 0 Å². The molecule has 1 unspecified atom stereocenters. The molecule has 1 atom stereocenters. The van der Waals surface area contributed by atoms with Crippen molar-refractivity contribution in [3.8, 4) is 0 Å². The van der Waals surface area contributed by atoms with Crippen LogP contribution < -0.4 is 5.32 Å². The van der Waals surface area contributed by atoms with Crippen molar-refractivity contribution in [2.75, 3.05) is 38.7 Å². The predicted molar refractivity (Wildman–Crippen MR) is 95.6 cm³/mol. The van der Waals surface area contributed by atoms with Gasteiger partial charge in [-0.1, -0.05) is 13.8 Å². The van der Waals surface area contributed by atoms with Gasteiger partial charge in [-0.25, -0.2) is 15.0 Å². The second-order valence-electron chi connectivity index (χ2n) is 6.88. The third-order valence-corrected chi connectivity index (χ3v) is 4.33. The van der Waals surface area contributed by atoms with E-state index in [1.54, 1.807) is 12.6 Å². The first kappa shape index (κ1) is 17.8. The van der Waals surface area contributed by atoms with E-state index in [0.717, 1.165) is 62.4 Å². The monoisotopic (exact) mass is 345 g/mol. The van der Waals surface area contributed by atoms with Crippen LogP contribution in [0.5, 0.6) is 0 Å². The minimum atomic E-state index is 0.318. The Kier molecular flexibility index (Phi) is 5.99. The lowest BCUT2D eigenvalue weighted by atomic mass is 10.1. The van der Waals surface area contributed by atoms with Crippen molar-refractivity contribution in [2.45, 2.75) is 38.6 Å². The highest BCUT2D eigenvalue weighted by atomic mass is 16.5. The van der Waals surface area contributed by atoms with Gasteiger partial charge in [0.15, 0.2) is 5.89 Å². The summed E-state index contributed by atoms with van der Waals surface area (Å²) in [5.41, 5.74) is 2.03. The maximum Gasteiger partial charge on any atom is 0.196 e. The second-order valence-corrected chi connectivity index (χ2v) is 6.88. The van der Waals surface area contributed by atoms with E-state index < -0.39 is 0 Å². The van der Waals surface area contributed by atoms with Crippen molar-refractivity contribution in [3.05, 3.63) is 35.9 Å². The van der Waals surface area contributed by atoms with Gasteiger partial charge in [0.2, 0.25) is 0 Å². The maximum atomic E-state index is 5.48. The number of ether oxygens (including phenoxy) is 1. The van der Waals surface area contributed by atoms with Crippen LogP contribution in [-0.4, -0.2) is 53.2 Å². The number of anilines is 1. The number of rotatable bonds is 8. The fourth-order valence-electron chi connectivity index (χ4n) is 2.85. The van der Waals surface area contributed by atoms with Crippen LogP contribution in [0.2, 0.25) is 0 Å². The van der Waals surface area contributed by atoms with Gasteiger partial charge < -0.3 is 14.5 Å². The predicted octanol–water partition coefficient (Wildman–Crippen LogP) is 2.64. The molecule has 25 heavy (non-hydrogen) atoms. The Morgan fingerprint density at radius 2 is 2.24 bits per heavy atom. The van der Waals surface area contributed by atoms with Crippen LogP contribution >= 0.6 is 0 Å². The first-order valence-electron chi connectivity index (χ1n) is 8.88. The minimum Gasteiger partial charge on any atom is -0.448 e. The number of hydrogen-bond donors (Lipinski definition) is 1. The second kappa shape index (κ2) is 8.40. The van der Waals surface area contributed by atoms with Crippen molar-refractivity contribution in [1.82, 2.24) is 19.9 Å². The lowest BCUT2D eigenvalue weighted by molar-refractivity contribution is 0.193. The van der Waals surface area contributed by atoms with Crippen LogP contribution in [0.15, 0.2) is 23.1 Å². The Morgan fingerprint density at radius 3 is 2.96 bits per heavy atom. The molecule has 2 aromatic heterocycles. The first-order valence-corrected chi connectivity index (χ1v) is 8.88.